The highest BCUT2D eigenvalue weighted by molar-refractivity contribution is 7.92. The second-order valence-corrected chi connectivity index (χ2v) is 8.31. The van der Waals surface area contributed by atoms with Crippen LogP contribution in [-0.2, 0) is 19.4 Å². The summed E-state index contributed by atoms with van der Waals surface area (Å²) in [4.78, 5) is 11.9. The van der Waals surface area contributed by atoms with Gasteiger partial charge in [-0.2, -0.15) is 0 Å². The van der Waals surface area contributed by atoms with Crippen molar-refractivity contribution in [1.82, 2.24) is 0 Å². The monoisotopic (exact) mass is 378 g/mol. The standard InChI is InChI=1S/C21H30O4S/c1-2-3-4-5-6-7-8-9-10-11-15-18-25-21(22)19-26(23,24)20-16-13-12-14-17-20/h3,12-14,16-17H,1,4-11,15,18-19H2. The summed E-state index contributed by atoms with van der Waals surface area (Å²) in [7, 11) is -3.61. The summed E-state index contributed by atoms with van der Waals surface area (Å²) in [5, 5.41) is 0. The van der Waals surface area contributed by atoms with Gasteiger partial charge in [0.25, 0.3) is 0 Å². The molecule has 0 saturated heterocycles. The quantitative estimate of drug-likeness (QED) is 0.264. The predicted molar refractivity (Wildman–Crippen MR) is 105 cm³/mol. The van der Waals surface area contributed by atoms with Crippen molar-refractivity contribution < 1.29 is 17.9 Å². The molecular weight excluding hydrogens is 348 g/mol. The van der Waals surface area contributed by atoms with Crippen LogP contribution in [0, 0.1) is 0 Å². The fraction of sp³-hybridized carbons (Fsp3) is 0.524. The molecule has 0 saturated carbocycles. The fourth-order valence-corrected chi connectivity index (χ4v) is 3.74. The SMILES string of the molecule is C=C=CCCCCCCCCCCOC(=O)CS(=O)(=O)c1ccccc1. The molecule has 0 aliphatic carbocycles. The van der Waals surface area contributed by atoms with E-state index >= 15 is 0 Å². The van der Waals surface area contributed by atoms with E-state index in [0.29, 0.717) is 0 Å². The Balaban J connectivity index is 2.02. The summed E-state index contributed by atoms with van der Waals surface area (Å²) in [6.45, 7) is 3.83. The lowest BCUT2D eigenvalue weighted by molar-refractivity contribution is -0.140. The zero-order valence-electron chi connectivity index (χ0n) is 15.5. The molecule has 0 unspecified atom stereocenters. The van der Waals surface area contributed by atoms with E-state index in [2.05, 4.69) is 12.3 Å². The van der Waals surface area contributed by atoms with Gasteiger partial charge in [-0.25, -0.2) is 8.42 Å². The van der Waals surface area contributed by atoms with Crippen molar-refractivity contribution in [3.05, 3.63) is 48.7 Å². The Kier molecular flexibility index (Phi) is 11.4. The first kappa shape index (κ1) is 22.2. The van der Waals surface area contributed by atoms with E-state index in [-0.39, 0.29) is 11.5 Å². The fourth-order valence-electron chi connectivity index (χ4n) is 2.61. The lowest BCUT2D eigenvalue weighted by Crippen LogP contribution is -2.19. The van der Waals surface area contributed by atoms with Crippen LogP contribution in [-0.4, -0.2) is 26.7 Å². The molecule has 26 heavy (non-hydrogen) atoms. The number of rotatable bonds is 14. The number of carbonyl (C=O) groups is 1. The Morgan fingerprint density at radius 3 is 2.15 bits per heavy atom. The van der Waals surface area contributed by atoms with Gasteiger partial charge >= 0.3 is 5.97 Å². The molecule has 0 fully saturated rings. The second-order valence-electron chi connectivity index (χ2n) is 6.32. The molecule has 0 amide bonds. The molecule has 0 spiro atoms. The minimum absolute atomic E-state index is 0.150. The smallest absolute Gasteiger partial charge is 0.321 e. The zero-order chi connectivity index (χ0) is 19.1. The zero-order valence-corrected chi connectivity index (χ0v) is 16.3. The van der Waals surface area contributed by atoms with Gasteiger partial charge < -0.3 is 4.74 Å². The number of unbranched alkanes of at least 4 members (excludes halogenated alkanes) is 8. The Labute approximate surface area is 157 Å². The third kappa shape index (κ3) is 10.2. The molecular formula is C21H30O4S. The highest BCUT2D eigenvalue weighted by Crippen LogP contribution is 2.12. The van der Waals surface area contributed by atoms with Crippen LogP contribution in [0.25, 0.3) is 0 Å². The van der Waals surface area contributed by atoms with Crippen LogP contribution in [0.5, 0.6) is 0 Å². The third-order valence-corrected chi connectivity index (χ3v) is 5.67. The Morgan fingerprint density at radius 1 is 0.962 bits per heavy atom. The normalized spacial score (nSPS) is 10.9. The molecule has 144 valence electrons. The van der Waals surface area contributed by atoms with Gasteiger partial charge in [-0.3, -0.25) is 4.79 Å². The largest absolute Gasteiger partial charge is 0.465 e. The van der Waals surface area contributed by atoms with E-state index in [9.17, 15) is 13.2 Å². The minimum atomic E-state index is -3.61. The van der Waals surface area contributed by atoms with Crippen LogP contribution in [0.4, 0.5) is 0 Å². The van der Waals surface area contributed by atoms with Crippen molar-refractivity contribution in [2.24, 2.45) is 0 Å². The van der Waals surface area contributed by atoms with Gasteiger partial charge in [0.05, 0.1) is 11.5 Å². The Morgan fingerprint density at radius 2 is 1.54 bits per heavy atom. The van der Waals surface area contributed by atoms with E-state index in [1.165, 1.54) is 44.2 Å². The number of benzene rings is 1. The number of sulfone groups is 1. The topological polar surface area (TPSA) is 60.4 Å². The van der Waals surface area contributed by atoms with Gasteiger partial charge in [0, 0.05) is 0 Å². The van der Waals surface area contributed by atoms with Crippen LogP contribution in [0.3, 0.4) is 0 Å². The van der Waals surface area contributed by atoms with Crippen LogP contribution in [0.1, 0.15) is 57.8 Å². The number of hydrogen-bond donors (Lipinski definition) is 0. The predicted octanol–water partition coefficient (Wildman–Crippen LogP) is 4.86. The first-order valence-electron chi connectivity index (χ1n) is 9.34. The van der Waals surface area contributed by atoms with Crippen molar-refractivity contribution in [1.29, 1.82) is 0 Å². The van der Waals surface area contributed by atoms with Gasteiger partial charge in [-0.15, -0.1) is 5.73 Å². The molecule has 0 aromatic heterocycles. The van der Waals surface area contributed by atoms with Crippen molar-refractivity contribution in [2.75, 3.05) is 12.4 Å². The van der Waals surface area contributed by atoms with Crippen LogP contribution >= 0.6 is 0 Å². The number of hydrogen-bond acceptors (Lipinski definition) is 4. The van der Waals surface area contributed by atoms with E-state index in [1.54, 1.807) is 18.2 Å². The molecule has 1 aromatic rings. The second kappa shape index (κ2) is 13.4. The molecule has 0 aliphatic heterocycles. The summed E-state index contributed by atoms with van der Waals surface area (Å²) in [5.74, 6) is -1.28. The van der Waals surface area contributed by atoms with Crippen molar-refractivity contribution in [3.8, 4) is 0 Å². The molecule has 0 radical (unpaired) electrons. The third-order valence-electron chi connectivity index (χ3n) is 4.06. The molecule has 0 bridgehead atoms. The highest BCUT2D eigenvalue weighted by Gasteiger charge is 2.19. The van der Waals surface area contributed by atoms with Gasteiger partial charge in [0.15, 0.2) is 15.6 Å². The van der Waals surface area contributed by atoms with Crippen molar-refractivity contribution >= 4 is 15.8 Å². The van der Waals surface area contributed by atoms with Gasteiger partial charge in [0.1, 0.15) is 0 Å². The number of esters is 1. The van der Waals surface area contributed by atoms with Crippen LogP contribution in [0.15, 0.2) is 53.6 Å². The highest BCUT2D eigenvalue weighted by atomic mass is 32.2. The van der Waals surface area contributed by atoms with E-state index in [4.69, 9.17) is 4.74 Å². The maximum absolute atomic E-state index is 12.1. The first-order chi connectivity index (χ1) is 12.6. The first-order valence-corrected chi connectivity index (χ1v) is 11.0. The maximum Gasteiger partial charge on any atom is 0.321 e. The summed E-state index contributed by atoms with van der Waals surface area (Å²) in [6.07, 6.45) is 12.0. The summed E-state index contributed by atoms with van der Waals surface area (Å²) >= 11 is 0. The van der Waals surface area contributed by atoms with Gasteiger partial charge in [0.2, 0.25) is 0 Å². The average Bonchev–Trinajstić information content (AvgIpc) is 2.63. The Bertz CT molecular complexity index is 659. The van der Waals surface area contributed by atoms with Crippen molar-refractivity contribution in [2.45, 2.75) is 62.7 Å². The number of carbonyl (C=O) groups excluding carboxylic acids is 1. The lowest BCUT2D eigenvalue weighted by Gasteiger charge is -2.06. The van der Waals surface area contributed by atoms with E-state index < -0.39 is 21.6 Å². The average molecular weight is 379 g/mol. The van der Waals surface area contributed by atoms with Crippen molar-refractivity contribution in [3.63, 3.8) is 0 Å². The molecule has 0 aliphatic rings. The van der Waals surface area contributed by atoms with Crippen LogP contribution in [0.2, 0.25) is 0 Å². The number of ether oxygens (including phenoxy) is 1. The van der Waals surface area contributed by atoms with Crippen LogP contribution < -0.4 is 0 Å². The summed E-state index contributed by atoms with van der Waals surface area (Å²) in [6, 6.07) is 7.97. The van der Waals surface area contributed by atoms with Gasteiger partial charge in [-0.1, -0.05) is 63.3 Å². The van der Waals surface area contributed by atoms with E-state index in [0.717, 1.165) is 25.7 Å². The maximum atomic E-state index is 12.1. The molecule has 1 rings (SSSR count). The molecule has 1 aromatic carbocycles. The van der Waals surface area contributed by atoms with E-state index in [1.807, 2.05) is 6.08 Å². The molecule has 0 atom stereocenters. The minimum Gasteiger partial charge on any atom is -0.465 e. The lowest BCUT2D eigenvalue weighted by atomic mass is 10.1. The summed E-state index contributed by atoms with van der Waals surface area (Å²) < 4.78 is 29.2. The van der Waals surface area contributed by atoms with Gasteiger partial charge in [-0.05, 0) is 37.5 Å². The molecule has 0 N–H and O–H groups in total. The molecule has 4 nitrogen and oxygen atoms in total. The molecule has 0 heterocycles. The Hall–Kier alpha value is -1.84. The molecule has 5 heteroatoms. The summed E-state index contributed by atoms with van der Waals surface area (Å²) in [5.41, 5.74) is 2.78. The number of allylic oxidation sites excluding steroid dienone is 1.